The molecular weight excluding hydrogens is 285 g/mol. The molecule has 1 unspecified atom stereocenters. The quantitative estimate of drug-likeness (QED) is 0.857. The molecule has 0 spiro atoms. The Morgan fingerprint density at radius 1 is 1.41 bits per heavy atom. The van der Waals surface area contributed by atoms with Crippen LogP contribution in [0.4, 0.5) is 4.39 Å². The van der Waals surface area contributed by atoms with E-state index in [-0.39, 0.29) is 24.2 Å². The average Bonchev–Trinajstić information content (AvgIpc) is 2.96. The molecule has 6 heteroatoms. The van der Waals surface area contributed by atoms with E-state index in [4.69, 9.17) is 5.11 Å². The van der Waals surface area contributed by atoms with Gasteiger partial charge in [0.05, 0.1) is 23.1 Å². The summed E-state index contributed by atoms with van der Waals surface area (Å²) in [5.41, 5.74) is 1.97. The maximum absolute atomic E-state index is 13.0. The molecule has 1 amide bonds. The molecule has 0 aliphatic carbocycles. The van der Waals surface area contributed by atoms with Crippen LogP contribution >= 0.6 is 0 Å². The van der Waals surface area contributed by atoms with Gasteiger partial charge < -0.3 is 10.4 Å². The van der Waals surface area contributed by atoms with Crippen molar-refractivity contribution in [2.24, 2.45) is 5.92 Å². The number of amides is 1. The van der Waals surface area contributed by atoms with Crippen LogP contribution in [-0.2, 0) is 6.42 Å². The van der Waals surface area contributed by atoms with Gasteiger partial charge in [-0.1, -0.05) is 13.8 Å². The lowest BCUT2D eigenvalue weighted by molar-refractivity contribution is 0.0941. The maximum Gasteiger partial charge on any atom is 0.254 e. The summed E-state index contributed by atoms with van der Waals surface area (Å²) < 4.78 is 14.7. The van der Waals surface area contributed by atoms with E-state index in [1.165, 1.54) is 18.3 Å². The summed E-state index contributed by atoms with van der Waals surface area (Å²) >= 11 is 0. The Labute approximate surface area is 128 Å². The van der Waals surface area contributed by atoms with Crippen molar-refractivity contribution in [2.75, 3.05) is 13.2 Å². The zero-order valence-electron chi connectivity index (χ0n) is 12.7. The van der Waals surface area contributed by atoms with Crippen LogP contribution < -0.4 is 5.32 Å². The molecule has 0 radical (unpaired) electrons. The third-order valence-electron chi connectivity index (χ3n) is 3.44. The second kappa shape index (κ2) is 7.17. The van der Waals surface area contributed by atoms with Crippen LogP contribution in [0.1, 0.15) is 29.9 Å². The van der Waals surface area contributed by atoms with Crippen molar-refractivity contribution in [2.45, 2.75) is 20.3 Å². The van der Waals surface area contributed by atoms with Crippen LogP contribution in [0, 0.1) is 11.7 Å². The van der Waals surface area contributed by atoms with Gasteiger partial charge in [0.1, 0.15) is 5.82 Å². The molecule has 0 aliphatic heterocycles. The van der Waals surface area contributed by atoms with Crippen molar-refractivity contribution in [3.63, 3.8) is 0 Å². The van der Waals surface area contributed by atoms with Gasteiger partial charge in [0.15, 0.2) is 0 Å². The van der Waals surface area contributed by atoms with Gasteiger partial charge in [-0.05, 0) is 36.6 Å². The first kappa shape index (κ1) is 16.2. The van der Waals surface area contributed by atoms with E-state index in [2.05, 4.69) is 10.4 Å². The normalized spacial score (nSPS) is 12.2. The monoisotopic (exact) mass is 305 g/mol. The number of rotatable bonds is 6. The Hall–Kier alpha value is -2.21. The summed E-state index contributed by atoms with van der Waals surface area (Å²) in [6.07, 6.45) is 2.14. The molecule has 0 bridgehead atoms. The van der Waals surface area contributed by atoms with Crippen LogP contribution in [-0.4, -0.2) is 33.9 Å². The molecule has 2 aromatic rings. The molecule has 1 heterocycles. The SMILES string of the molecule is CCc1c(C(=O)NCC(C)CO)cnn1-c1ccc(F)cc1. The zero-order chi connectivity index (χ0) is 16.1. The molecule has 0 saturated carbocycles. The van der Waals surface area contributed by atoms with Crippen molar-refractivity contribution < 1.29 is 14.3 Å². The minimum atomic E-state index is -0.315. The minimum Gasteiger partial charge on any atom is -0.396 e. The number of carbonyl (C=O) groups is 1. The lowest BCUT2D eigenvalue weighted by Crippen LogP contribution is -2.30. The predicted octanol–water partition coefficient (Wildman–Crippen LogP) is 1.93. The summed E-state index contributed by atoms with van der Waals surface area (Å²) in [5.74, 6) is -0.531. The highest BCUT2D eigenvalue weighted by molar-refractivity contribution is 5.95. The minimum absolute atomic E-state index is 0.00108. The Balaban J connectivity index is 2.23. The van der Waals surface area contributed by atoms with Crippen LogP contribution in [0.25, 0.3) is 5.69 Å². The van der Waals surface area contributed by atoms with E-state index in [0.717, 1.165) is 5.69 Å². The summed E-state index contributed by atoms with van der Waals surface area (Å²) in [6.45, 7) is 4.21. The molecule has 118 valence electrons. The van der Waals surface area contributed by atoms with Crippen molar-refractivity contribution in [1.29, 1.82) is 0 Å². The number of carbonyl (C=O) groups excluding carboxylic acids is 1. The van der Waals surface area contributed by atoms with Gasteiger partial charge in [-0.2, -0.15) is 5.10 Å². The van der Waals surface area contributed by atoms with E-state index < -0.39 is 0 Å². The first-order valence-electron chi connectivity index (χ1n) is 7.28. The zero-order valence-corrected chi connectivity index (χ0v) is 12.7. The fourth-order valence-corrected chi connectivity index (χ4v) is 2.14. The summed E-state index contributed by atoms with van der Waals surface area (Å²) in [7, 11) is 0. The standard InChI is InChI=1S/C16H20FN3O2/c1-3-15-14(16(22)18-8-11(2)10-21)9-19-20(15)13-6-4-12(17)5-7-13/h4-7,9,11,21H,3,8,10H2,1-2H3,(H,18,22). The van der Waals surface area contributed by atoms with Gasteiger partial charge in [-0.3, -0.25) is 4.79 Å². The number of nitrogens with one attached hydrogen (secondary N) is 1. The lowest BCUT2D eigenvalue weighted by Gasteiger charge is -2.10. The van der Waals surface area contributed by atoms with Crippen LogP contribution in [0.15, 0.2) is 30.5 Å². The van der Waals surface area contributed by atoms with Crippen molar-refractivity contribution in [1.82, 2.24) is 15.1 Å². The average molecular weight is 305 g/mol. The fourth-order valence-electron chi connectivity index (χ4n) is 2.14. The highest BCUT2D eigenvalue weighted by atomic mass is 19.1. The van der Waals surface area contributed by atoms with E-state index in [1.807, 2.05) is 13.8 Å². The van der Waals surface area contributed by atoms with Crippen molar-refractivity contribution in [3.8, 4) is 5.69 Å². The predicted molar refractivity (Wildman–Crippen MR) is 81.5 cm³/mol. The van der Waals surface area contributed by atoms with Crippen molar-refractivity contribution in [3.05, 3.63) is 47.5 Å². The number of hydrogen-bond donors (Lipinski definition) is 2. The van der Waals surface area contributed by atoms with E-state index in [1.54, 1.807) is 16.8 Å². The first-order chi connectivity index (χ1) is 10.6. The molecule has 1 atom stereocenters. The number of halogens is 1. The molecule has 5 nitrogen and oxygen atoms in total. The number of nitrogens with zero attached hydrogens (tertiary/aromatic N) is 2. The van der Waals surface area contributed by atoms with Gasteiger partial charge in [0.2, 0.25) is 0 Å². The van der Waals surface area contributed by atoms with Crippen molar-refractivity contribution >= 4 is 5.91 Å². The Kier molecular flexibility index (Phi) is 5.27. The highest BCUT2D eigenvalue weighted by Gasteiger charge is 2.17. The van der Waals surface area contributed by atoms with Gasteiger partial charge in [-0.25, -0.2) is 9.07 Å². The topological polar surface area (TPSA) is 67.2 Å². The first-order valence-corrected chi connectivity index (χ1v) is 7.28. The van der Waals surface area contributed by atoms with Crippen LogP contribution in [0.3, 0.4) is 0 Å². The number of hydrogen-bond acceptors (Lipinski definition) is 3. The Morgan fingerprint density at radius 2 is 2.09 bits per heavy atom. The molecule has 0 aliphatic rings. The maximum atomic E-state index is 13.0. The Morgan fingerprint density at radius 3 is 2.68 bits per heavy atom. The fraction of sp³-hybridized carbons (Fsp3) is 0.375. The molecule has 2 rings (SSSR count). The second-order valence-electron chi connectivity index (χ2n) is 5.24. The molecule has 0 fully saturated rings. The summed E-state index contributed by atoms with van der Waals surface area (Å²) in [6, 6.07) is 5.96. The summed E-state index contributed by atoms with van der Waals surface area (Å²) in [4.78, 5) is 12.2. The van der Waals surface area contributed by atoms with Gasteiger partial charge >= 0.3 is 0 Å². The van der Waals surface area contributed by atoms with Gasteiger partial charge in [0.25, 0.3) is 5.91 Å². The summed E-state index contributed by atoms with van der Waals surface area (Å²) in [5, 5.41) is 16.0. The second-order valence-corrected chi connectivity index (χ2v) is 5.24. The molecule has 2 N–H and O–H groups in total. The van der Waals surface area contributed by atoms with Gasteiger partial charge in [-0.15, -0.1) is 0 Å². The smallest absolute Gasteiger partial charge is 0.254 e. The van der Waals surface area contributed by atoms with Crippen LogP contribution in [0.5, 0.6) is 0 Å². The largest absolute Gasteiger partial charge is 0.396 e. The number of aromatic nitrogens is 2. The van der Waals surface area contributed by atoms with E-state index >= 15 is 0 Å². The lowest BCUT2D eigenvalue weighted by atomic mass is 10.1. The van der Waals surface area contributed by atoms with Crippen LogP contribution in [0.2, 0.25) is 0 Å². The molecule has 0 saturated heterocycles. The molecule has 1 aromatic heterocycles. The third kappa shape index (κ3) is 3.51. The number of aliphatic hydroxyl groups excluding tert-OH is 1. The Bertz CT molecular complexity index is 637. The molecular formula is C16H20FN3O2. The van der Waals surface area contributed by atoms with E-state index in [0.29, 0.717) is 24.2 Å². The number of aliphatic hydroxyl groups is 1. The molecule has 22 heavy (non-hydrogen) atoms. The highest BCUT2D eigenvalue weighted by Crippen LogP contribution is 2.16. The molecule has 1 aromatic carbocycles. The van der Waals surface area contributed by atoms with Gasteiger partial charge in [0, 0.05) is 13.2 Å². The van der Waals surface area contributed by atoms with E-state index in [9.17, 15) is 9.18 Å². The number of benzene rings is 1. The third-order valence-corrected chi connectivity index (χ3v) is 3.44.